The number of nitrogens with zero attached hydrogens (tertiary/aromatic N) is 3. The molecular weight excluding hydrogens is 546 g/mol. The van der Waals surface area contributed by atoms with E-state index in [4.69, 9.17) is 0 Å². The van der Waals surface area contributed by atoms with Crippen LogP contribution >= 0.6 is 0 Å². The maximum absolute atomic E-state index is 9.44. The Balaban J connectivity index is 1.59. The van der Waals surface area contributed by atoms with E-state index in [1.54, 1.807) is 6.08 Å². The van der Waals surface area contributed by atoms with Crippen LogP contribution in [0.3, 0.4) is 0 Å². The first kappa shape index (κ1) is 28.1. The summed E-state index contributed by atoms with van der Waals surface area (Å²) in [4.78, 5) is 2.43. The van der Waals surface area contributed by atoms with Gasteiger partial charge in [0.25, 0.3) is 0 Å². The molecule has 0 amide bonds. The van der Waals surface area contributed by atoms with Gasteiger partial charge in [-0.05, 0) is 155 Å². The molecule has 7 aromatic carbocycles. The van der Waals surface area contributed by atoms with Crippen LogP contribution < -0.4 is 4.90 Å². The minimum absolute atomic E-state index is 0.0990. The van der Waals surface area contributed by atoms with Crippen molar-refractivity contribution in [3.8, 4) is 12.1 Å². The van der Waals surface area contributed by atoms with Gasteiger partial charge in [0, 0.05) is 16.8 Å². The highest BCUT2D eigenvalue weighted by Crippen LogP contribution is 2.47. The maximum atomic E-state index is 9.44. The molecule has 0 saturated heterocycles. The Kier molecular flexibility index (Phi) is 6.58. The second-order valence-electron chi connectivity index (χ2n) is 12.3. The zero-order valence-electron chi connectivity index (χ0n) is 26.5. The first-order chi connectivity index (χ1) is 21.7. The number of fused-ring (bicyclic) bond motifs is 2. The lowest BCUT2D eigenvalue weighted by Gasteiger charge is -2.30. The van der Waals surface area contributed by atoms with Gasteiger partial charge >= 0.3 is 0 Å². The van der Waals surface area contributed by atoms with Gasteiger partial charge in [-0.25, -0.2) is 0 Å². The highest BCUT2D eigenvalue weighted by Gasteiger charge is 2.21. The van der Waals surface area contributed by atoms with Crippen molar-refractivity contribution < 1.29 is 0 Å². The minimum Gasteiger partial charge on any atom is -0.310 e. The predicted molar refractivity (Wildman–Crippen MR) is 190 cm³/mol. The van der Waals surface area contributed by atoms with Gasteiger partial charge in [-0.15, -0.1) is 0 Å². The molecule has 3 nitrogen and oxygen atoms in total. The van der Waals surface area contributed by atoms with Crippen LogP contribution in [0.25, 0.3) is 49.2 Å². The molecule has 0 heterocycles. The maximum Gasteiger partial charge on any atom is 0.130 e. The molecule has 7 rings (SSSR count). The molecule has 0 saturated carbocycles. The number of aryl methyl sites for hydroxylation is 4. The summed E-state index contributed by atoms with van der Waals surface area (Å²) in [5.41, 5.74) is 12.2. The smallest absolute Gasteiger partial charge is 0.130 e. The molecule has 0 aromatic heterocycles. The molecule has 0 spiro atoms. The van der Waals surface area contributed by atoms with Gasteiger partial charge in [-0.3, -0.25) is 0 Å². The molecule has 0 radical (unpaired) electrons. The third kappa shape index (κ3) is 4.32. The summed E-state index contributed by atoms with van der Waals surface area (Å²) in [5.74, 6) is 0. The van der Waals surface area contributed by atoms with Gasteiger partial charge in [-0.2, -0.15) is 10.5 Å². The molecule has 0 aliphatic carbocycles. The lowest BCUT2D eigenvalue weighted by molar-refractivity contribution is 1.20. The van der Waals surface area contributed by atoms with Crippen LogP contribution in [0.1, 0.15) is 38.9 Å². The van der Waals surface area contributed by atoms with Crippen LogP contribution in [0, 0.1) is 64.2 Å². The summed E-state index contributed by atoms with van der Waals surface area (Å²) >= 11 is 0. The Morgan fingerprint density at radius 1 is 0.533 bits per heavy atom. The summed E-state index contributed by atoms with van der Waals surface area (Å²) in [6.07, 6.45) is 1.69. The molecule has 0 bridgehead atoms. The van der Waals surface area contributed by atoms with Crippen LogP contribution in [0.5, 0.6) is 0 Å². The fourth-order valence-electron chi connectivity index (χ4n) is 7.00. The summed E-state index contributed by atoms with van der Waals surface area (Å²) in [6, 6.07) is 35.0. The SMILES string of the molecule is Cc1cc(N(c2cc(C)c(C)c(C)c2)c2ccc3c4ccc(C=C(C#N)C#N)c5cccc(c6cccc2c63)c54)cc(C)c1C. The minimum atomic E-state index is 0.0990. The van der Waals surface area contributed by atoms with E-state index < -0.39 is 0 Å². The Bertz CT molecular complexity index is 2320. The fraction of sp³-hybridized carbons (Fsp3) is 0.143. The Morgan fingerprint density at radius 3 is 1.47 bits per heavy atom. The number of benzene rings is 7. The standard InChI is InChI=1S/C42H33N3/c1-24-17-32(18-25(2)28(24)5)45(33-19-26(3)29(6)27(4)20-33)40-16-15-38-37-14-13-31(21-30(22-43)23-44)34-9-7-10-35(41(34)37)36-11-8-12-39(40)42(36)38/h7-21H,1-6H3. The van der Waals surface area contributed by atoms with E-state index in [1.165, 1.54) is 65.7 Å². The Labute approximate surface area is 264 Å². The Morgan fingerprint density at radius 2 is 0.956 bits per heavy atom. The number of allylic oxidation sites excluding steroid dienone is 1. The van der Waals surface area contributed by atoms with Crippen LogP contribution in [-0.2, 0) is 0 Å². The van der Waals surface area contributed by atoms with Crippen molar-refractivity contribution in [1.82, 2.24) is 0 Å². The van der Waals surface area contributed by atoms with Crippen molar-refractivity contribution >= 4 is 66.2 Å². The van der Waals surface area contributed by atoms with Crippen molar-refractivity contribution in [2.75, 3.05) is 4.90 Å². The van der Waals surface area contributed by atoms with Gasteiger partial charge in [-0.1, -0.05) is 54.6 Å². The number of anilines is 3. The van der Waals surface area contributed by atoms with Crippen molar-refractivity contribution in [3.05, 3.63) is 129 Å². The normalized spacial score (nSPS) is 11.3. The van der Waals surface area contributed by atoms with E-state index in [2.05, 4.69) is 125 Å². The number of nitriles is 2. The molecule has 3 heteroatoms. The van der Waals surface area contributed by atoms with Gasteiger partial charge in [0.2, 0.25) is 0 Å². The molecule has 0 aliphatic heterocycles. The molecule has 0 atom stereocenters. The van der Waals surface area contributed by atoms with Gasteiger partial charge in [0.15, 0.2) is 0 Å². The first-order valence-corrected chi connectivity index (χ1v) is 15.3. The quantitative estimate of drug-likeness (QED) is 0.118. The third-order valence-corrected chi connectivity index (χ3v) is 9.79. The third-order valence-electron chi connectivity index (χ3n) is 9.79. The van der Waals surface area contributed by atoms with Crippen LogP contribution in [0.4, 0.5) is 17.1 Å². The van der Waals surface area contributed by atoms with Crippen LogP contribution in [0.2, 0.25) is 0 Å². The van der Waals surface area contributed by atoms with Crippen molar-refractivity contribution in [2.24, 2.45) is 0 Å². The van der Waals surface area contributed by atoms with Gasteiger partial charge in [0.1, 0.15) is 17.7 Å². The number of hydrogen-bond donors (Lipinski definition) is 0. The van der Waals surface area contributed by atoms with E-state index in [1.807, 2.05) is 18.2 Å². The molecule has 7 aromatic rings. The second kappa shape index (κ2) is 10.5. The van der Waals surface area contributed by atoms with Crippen molar-refractivity contribution in [1.29, 1.82) is 10.5 Å². The topological polar surface area (TPSA) is 50.8 Å². The van der Waals surface area contributed by atoms with Crippen molar-refractivity contribution in [3.63, 3.8) is 0 Å². The summed E-state index contributed by atoms with van der Waals surface area (Å²) in [6.45, 7) is 13.2. The summed E-state index contributed by atoms with van der Waals surface area (Å²) in [5, 5.41) is 28.2. The summed E-state index contributed by atoms with van der Waals surface area (Å²) < 4.78 is 0. The lowest BCUT2D eigenvalue weighted by Crippen LogP contribution is -2.12. The zero-order chi connectivity index (χ0) is 31.6. The van der Waals surface area contributed by atoms with Crippen molar-refractivity contribution in [2.45, 2.75) is 41.5 Å². The molecule has 45 heavy (non-hydrogen) atoms. The predicted octanol–water partition coefficient (Wildman–Crippen LogP) is 11.5. The van der Waals surface area contributed by atoms with Gasteiger partial charge in [0.05, 0.1) is 5.69 Å². The van der Waals surface area contributed by atoms with E-state index in [0.717, 1.165) is 33.4 Å². The Hall–Kier alpha value is -5.64. The highest BCUT2D eigenvalue weighted by molar-refractivity contribution is 6.34. The average Bonchev–Trinajstić information content (AvgIpc) is 3.04. The molecule has 0 N–H and O–H groups in total. The molecule has 0 aliphatic rings. The molecular formula is C42H33N3. The second-order valence-corrected chi connectivity index (χ2v) is 12.3. The fourth-order valence-corrected chi connectivity index (χ4v) is 7.00. The highest BCUT2D eigenvalue weighted by atomic mass is 15.1. The van der Waals surface area contributed by atoms with E-state index in [9.17, 15) is 10.5 Å². The van der Waals surface area contributed by atoms with E-state index >= 15 is 0 Å². The van der Waals surface area contributed by atoms with E-state index in [-0.39, 0.29) is 5.57 Å². The van der Waals surface area contributed by atoms with Gasteiger partial charge < -0.3 is 4.90 Å². The monoisotopic (exact) mass is 579 g/mol. The largest absolute Gasteiger partial charge is 0.310 e. The lowest BCUT2D eigenvalue weighted by atomic mass is 9.87. The van der Waals surface area contributed by atoms with Crippen LogP contribution in [-0.4, -0.2) is 0 Å². The molecule has 0 fully saturated rings. The first-order valence-electron chi connectivity index (χ1n) is 15.3. The zero-order valence-corrected chi connectivity index (χ0v) is 26.5. The van der Waals surface area contributed by atoms with Crippen LogP contribution in [0.15, 0.2) is 90.5 Å². The number of hydrogen-bond acceptors (Lipinski definition) is 3. The molecule has 216 valence electrons. The summed E-state index contributed by atoms with van der Waals surface area (Å²) in [7, 11) is 0. The average molecular weight is 580 g/mol. The van der Waals surface area contributed by atoms with E-state index in [0.29, 0.717) is 0 Å². The number of rotatable bonds is 4. The molecule has 0 unspecified atom stereocenters.